The molecule has 1 atom stereocenters. The zero-order valence-corrected chi connectivity index (χ0v) is 9.74. The van der Waals surface area contributed by atoms with Gasteiger partial charge in [0.2, 0.25) is 0 Å². The van der Waals surface area contributed by atoms with Gasteiger partial charge in [-0.1, -0.05) is 0 Å². The van der Waals surface area contributed by atoms with Gasteiger partial charge in [0.25, 0.3) is 0 Å². The molecule has 0 saturated carbocycles. The van der Waals surface area contributed by atoms with Gasteiger partial charge in [-0.15, -0.1) is 0 Å². The van der Waals surface area contributed by atoms with Gasteiger partial charge in [-0.2, -0.15) is 0 Å². The molecule has 0 aliphatic carbocycles. The Balaban J connectivity index is 4.39. The second-order valence-corrected chi connectivity index (χ2v) is 3.71. The van der Waals surface area contributed by atoms with E-state index in [2.05, 4.69) is 5.32 Å². The maximum absolute atomic E-state index is 10.8. The lowest BCUT2D eigenvalue weighted by Crippen LogP contribution is -2.36. The molecule has 0 radical (unpaired) electrons. The topological polar surface area (TPSA) is 83.5 Å². The third-order valence-corrected chi connectivity index (χ3v) is 1.90. The summed E-state index contributed by atoms with van der Waals surface area (Å²) in [6.45, 7) is 4.42. The van der Waals surface area contributed by atoms with E-state index in [1.807, 2.05) is 0 Å². The minimum absolute atomic E-state index is 0.0544. The number of rotatable bonds is 7. The minimum Gasteiger partial charge on any atom is -0.480 e. The predicted molar refractivity (Wildman–Crippen MR) is 58.9 cm³/mol. The van der Waals surface area contributed by atoms with E-state index in [4.69, 9.17) is 5.11 Å². The Morgan fingerprint density at radius 1 is 1.25 bits per heavy atom. The van der Waals surface area contributed by atoms with Crippen molar-refractivity contribution < 1.29 is 19.5 Å². The SMILES string of the molecule is CC(=O)/C=C(\C)N[C@@H](CCC(C)=O)C(=O)O. The van der Waals surface area contributed by atoms with Crippen molar-refractivity contribution in [1.82, 2.24) is 5.32 Å². The summed E-state index contributed by atoms with van der Waals surface area (Å²) in [5.41, 5.74) is 0.489. The normalized spacial score (nSPS) is 13.1. The van der Waals surface area contributed by atoms with Crippen LogP contribution in [0.1, 0.15) is 33.6 Å². The van der Waals surface area contributed by atoms with Crippen LogP contribution in [0, 0.1) is 0 Å². The zero-order valence-electron chi connectivity index (χ0n) is 9.74. The molecule has 0 aliphatic rings. The maximum Gasteiger partial charge on any atom is 0.326 e. The van der Waals surface area contributed by atoms with Crippen molar-refractivity contribution in [2.45, 2.75) is 39.7 Å². The molecule has 0 aliphatic heterocycles. The molecule has 90 valence electrons. The van der Waals surface area contributed by atoms with Crippen LogP contribution in [0.25, 0.3) is 0 Å². The van der Waals surface area contributed by atoms with E-state index in [0.717, 1.165) is 0 Å². The molecule has 0 rings (SSSR count). The zero-order chi connectivity index (χ0) is 12.7. The number of carboxylic acid groups (broad SMARTS) is 1. The van der Waals surface area contributed by atoms with Gasteiger partial charge in [0, 0.05) is 12.1 Å². The Morgan fingerprint density at radius 2 is 1.81 bits per heavy atom. The van der Waals surface area contributed by atoms with Gasteiger partial charge in [0.1, 0.15) is 11.8 Å². The summed E-state index contributed by atoms with van der Waals surface area (Å²) in [6.07, 6.45) is 1.74. The average molecular weight is 227 g/mol. The number of nitrogens with one attached hydrogen (secondary N) is 1. The number of Topliss-reactive ketones (excluding diaryl/α,β-unsaturated/α-hetero) is 1. The van der Waals surface area contributed by atoms with Crippen LogP contribution in [0.15, 0.2) is 11.8 Å². The Bertz CT molecular complexity index is 320. The van der Waals surface area contributed by atoms with Crippen LogP contribution in [0.3, 0.4) is 0 Å². The van der Waals surface area contributed by atoms with E-state index in [1.165, 1.54) is 19.9 Å². The molecular formula is C11H17NO4. The van der Waals surface area contributed by atoms with Crippen LogP contribution < -0.4 is 5.32 Å². The molecule has 0 bridgehead atoms. The second-order valence-electron chi connectivity index (χ2n) is 3.71. The Morgan fingerprint density at radius 3 is 2.19 bits per heavy atom. The van der Waals surface area contributed by atoms with Crippen LogP contribution in [0.2, 0.25) is 0 Å². The van der Waals surface area contributed by atoms with Gasteiger partial charge in [0.15, 0.2) is 5.78 Å². The molecule has 0 unspecified atom stereocenters. The van der Waals surface area contributed by atoms with E-state index in [1.54, 1.807) is 6.92 Å². The molecule has 0 heterocycles. The first-order valence-corrected chi connectivity index (χ1v) is 5.00. The fourth-order valence-corrected chi connectivity index (χ4v) is 1.23. The van der Waals surface area contributed by atoms with E-state index in [-0.39, 0.29) is 24.4 Å². The molecule has 0 aromatic heterocycles. The molecule has 16 heavy (non-hydrogen) atoms. The van der Waals surface area contributed by atoms with Gasteiger partial charge in [-0.25, -0.2) is 4.79 Å². The first-order valence-electron chi connectivity index (χ1n) is 5.00. The van der Waals surface area contributed by atoms with Crippen molar-refractivity contribution in [3.8, 4) is 0 Å². The average Bonchev–Trinajstić information content (AvgIpc) is 2.09. The Hall–Kier alpha value is -1.65. The fourth-order valence-electron chi connectivity index (χ4n) is 1.23. The molecule has 0 saturated heterocycles. The van der Waals surface area contributed by atoms with Gasteiger partial charge in [-0.3, -0.25) is 4.79 Å². The highest BCUT2D eigenvalue weighted by Gasteiger charge is 2.17. The highest BCUT2D eigenvalue weighted by Crippen LogP contribution is 2.02. The molecular weight excluding hydrogens is 210 g/mol. The molecule has 0 spiro atoms. The van der Waals surface area contributed by atoms with Gasteiger partial charge >= 0.3 is 5.97 Å². The molecule has 0 fully saturated rings. The van der Waals surface area contributed by atoms with Crippen LogP contribution in [-0.2, 0) is 14.4 Å². The summed E-state index contributed by atoms with van der Waals surface area (Å²) < 4.78 is 0. The molecule has 0 amide bonds. The van der Waals surface area contributed by atoms with E-state index >= 15 is 0 Å². The van der Waals surface area contributed by atoms with Crippen molar-refractivity contribution in [3.63, 3.8) is 0 Å². The summed E-state index contributed by atoms with van der Waals surface area (Å²) in [5, 5.41) is 11.6. The second kappa shape index (κ2) is 6.76. The maximum atomic E-state index is 10.8. The third-order valence-electron chi connectivity index (χ3n) is 1.90. The highest BCUT2D eigenvalue weighted by atomic mass is 16.4. The summed E-state index contributed by atoms with van der Waals surface area (Å²) in [4.78, 5) is 32.3. The number of carbonyl (C=O) groups excluding carboxylic acids is 2. The summed E-state index contributed by atoms with van der Waals surface area (Å²) in [7, 11) is 0. The third kappa shape index (κ3) is 6.75. The number of aliphatic carboxylic acids is 1. The number of hydrogen-bond acceptors (Lipinski definition) is 4. The highest BCUT2D eigenvalue weighted by molar-refractivity contribution is 5.88. The smallest absolute Gasteiger partial charge is 0.326 e. The first kappa shape index (κ1) is 14.3. The number of carboxylic acids is 1. The lowest BCUT2D eigenvalue weighted by molar-refractivity contribution is -0.139. The van der Waals surface area contributed by atoms with Crippen LogP contribution in [0.5, 0.6) is 0 Å². The van der Waals surface area contributed by atoms with Crippen molar-refractivity contribution >= 4 is 17.5 Å². The summed E-state index contributed by atoms with van der Waals surface area (Å²) in [6, 6.07) is -0.834. The number of allylic oxidation sites excluding steroid dienone is 2. The minimum atomic E-state index is -1.03. The molecule has 5 nitrogen and oxygen atoms in total. The predicted octanol–water partition coefficient (Wildman–Crippen LogP) is 0.891. The number of ketones is 2. The fraction of sp³-hybridized carbons (Fsp3) is 0.545. The van der Waals surface area contributed by atoms with Gasteiger partial charge in [0.05, 0.1) is 0 Å². The van der Waals surface area contributed by atoms with Crippen LogP contribution in [0.4, 0.5) is 0 Å². The Labute approximate surface area is 94.5 Å². The standard InChI is InChI=1S/C11H17NO4/c1-7(6-9(3)14)12-10(11(15)16)5-4-8(2)13/h6,10,12H,4-5H2,1-3H3,(H,15,16)/b7-6+/t10-/m0/s1. The van der Waals surface area contributed by atoms with Gasteiger partial charge < -0.3 is 15.2 Å². The van der Waals surface area contributed by atoms with Crippen molar-refractivity contribution in [2.24, 2.45) is 0 Å². The molecule has 5 heteroatoms. The molecule has 0 aromatic carbocycles. The van der Waals surface area contributed by atoms with Gasteiger partial charge in [-0.05, 0) is 33.3 Å². The largest absolute Gasteiger partial charge is 0.480 e. The quantitative estimate of drug-likeness (QED) is 0.631. The van der Waals surface area contributed by atoms with E-state index < -0.39 is 12.0 Å². The van der Waals surface area contributed by atoms with Crippen molar-refractivity contribution in [3.05, 3.63) is 11.8 Å². The van der Waals surface area contributed by atoms with E-state index in [0.29, 0.717) is 5.70 Å². The van der Waals surface area contributed by atoms with E-state index in [9.17, 15) is 14.4 Å². The summed E-state index contributed by atoms with van der Waals surface area (Å²) in [5.74, 6) is -1.24. The van der Waals surface area contributed by atoms with Crippen molar-refractivity contribution in [1.29, 1.82) is 0 Å². The summed E-state index contributed by atoms with van der Waals surface area (Å²) >= 11 is 0. The van der Waals surface area contributed by atoms with Crippen molar-refractivity contribution in [2.75, 3.05) is 0 Å². The number of hydrogen-bond donors (Lipinski definition) is 2. The molecule has 2 N–H and O–H groups in total. The Kier molecular flexibility index (Phi) is 6.07. The lowest BCUT2D eigenvalue weighted by Gasteiger charge is -2.15. The lowest BCUT2D eigenvalue weighted by atomic mass is 10.1. The first-order chi connectivity index (χ1) is 7.32. The van der Waals surface area contributed by atoms with Crippen LogP contribution >= 0.6 is 0 Å². The van der Waals surface area contributed by atoms with Crippen LogP contribution in [-0.4, -0.2) is 28.7 Å². The molecule has 0 aromatic rings. The monoisotopic (exact) mass is 227 g/mol. The number of carbonyl (C=O) groups is 3.